The van der Waals surface area contributed by atoms with Crippen LogP contribution in [0.4, 0.5) is 0 Å². The van der Waals surface area contributed by atoms with Gasteiger partial charge in [-0.15, -0.1) is 0 Å². The molecule has 0 bridgehead atoms. The van der Waals surface area contributed by atoms with Crippen LogP contribution in [0.15, 0.2) is 24.3 Å². The van der Waals surface area contributed by atoms with E-state index in [0.717, 1.165) is 0 Å². The highest BCUT2D eigenvalue weighted by atomic mass is 16.5. The number of rotatable bonds is 8. The maximum atomic E-state index is 12.4. The lowest BCUT2D eigenvalue weighted by molar-refractivity contribution is 0.0627. The average Bonchev–Trinajstić information content (AvgIpc) is 2.47. The predicted octanol–water partition coefficient (Wildman–Crippen LogP) is 0.520. The van der Waals surface area contributed by atoms with Gasteiger partial charge in [-0.3, -0.25) is 9.59 Å². The molecule has 0 saturated carbocycles. The summed E-state index contributed by atoms with van der Waals surface area (Å²) in [5, 5.41) is 0. The summed E-state index contributed by atoms with van der Waals surface area (Å²) < 4.78 is 9.98. The van der Waals surface area contributed by atoms with Crippen molar-refractivity contribution in [2.24, 2.45) is 5.73 Å². The van der Waals surface area contributed by atoms with Crippen LogP contribution in [0, 0.1) is 0 Å². The molecule has 0 unspecified atom stereocenters. The van der Waals surface area contributed by atoms with E-state index in [1.807, 2.05) is 0 Å². The van der Waals surface area contributed by atoms with Crippen molar-refractivity contribution in [1.29, 1.82) is 0 Å². The third-order valence-corrected chi connectivity index (χ3v) is 2.81. The Morgan fingerprint density at radius 2 is 1.65 bits per heavy atom. The number of nitrogens with two attached hydrogens (primary N) is 1. The zero-order valence-corrected chi connectivity index (χ0v) is 11.8. The van der Waals surface area contributed by atoms with Crippen LogP contribution in [-0.2, 0) is 9.47 Å². The Kier molecular flexibility index (Phi) is 6.69. The Bertz CT molecular complexity index is 454. The van der Waals surface area contributed by atoms with Gasteiger partial charge in [0.25, 0.3) is 5.91 Å². The normalized spacial score (nSPS) is 10.3. The Labute approximate surface area is 118 Å². The fraction of sp³-hybridized carbons (Fsp3) is 0.429. The Balaban J connectivity index is 2.86. The molecule has 0 aliphatic carbocycles. The molecule has 0 fully saturated rings. The van der Waals surface area contributed by atoms with Crippen molar-refractivity contribution >= 4 is 11.8 Å². The second kappa shape index (κ2) is 8.29. The lowest BCUT2D eigenvalue weighted by Crippen LogP contribution is -2.36. The highest BCUT2D eigenvalue weighted by Gasteiger charge is 2.16. The van der Waals surface area contributed by atoms with E-state index in [9.17, 15) is 9.59 Å². The molecule has 2 amide bonds. The largest absolute Gasteiger partial charge is 0.383 e. The number of hydrogen-bond donors (Lipinski definition) is 1. The maximum Gasteiger partial charge on any atom is 0.254 e. The SMILES string of the molecule is COCCN(CCOC)C(=O)c1cccc(C(N)=O)c1. The first-order valence-electron chi connectivity index (χ1n) is 6.27. The fourth-order valence-corrected chi connectivity index (χ4v) is 1.71. The predicted molar refractivity (Wildman–Crippen MR) is 74.6 cm³/mol. The molecule has 0 aliphatic rings. The zero-order chi connectivity index (χ0) is 15.0. The van der Waals surface area contributed by atoms with Crippen LogP contribution in [0.3, 0.4) is 0 Å². The van der Waals surface area contributed by atoms with Crippen molar-refractivity contribution in [2.45, 2.75) is 0 Å². The molecule has 110 valence electrons. The first-order valence-corrected chi connectivity index (χ1v) is 6.27. The minimum absolute atomic E-state index is 0.179. The topological polar surface area (TPSA) is 81.9 Å². The van der Waals surface area contributed by atoms with Gasteiger partial charge in [-0.2, -0.15) is 0 Å². The summed E-state index contributed by atoms with van der Waals surface area (Å²) in [5.41, 5.74) is 5.95. The van der Waals surface area contributed by atoms with Gasteiger partial charge < -0.3 is 20.1 Å². The van der Waals surface area contributed by atoms with Gasteiger partial charge in [-0.05, 0) is 18.2 Å². The van der Waals surface area contributed by atoms with Crippen LogP contribution < -0.4 is 5.73 Å². The number of ether oxygens (including phenoxy) is 2. The van der Waals surface area contributed by atoms with Gasteiger partial charge in [-0.25, -0.2) is 0 Å². The summed E-state index contributed by atoms with van der Waals surface area (Å²) in [4.78, 5) is 25.2. The molecule has 1 aromatic rings. The Morgan fingerprint density at radius 3 is 2.15 bits per heavy atom. The minimum atomic E-state index is -0.556. The zero-order valence-electron chi connectivity index (χ0n) is 11.8. The van der Waals surface area contributed by atoms with Crippen LogP contribution in [0.25, 0.3) is 0 Å². The summed E-state index contributed by atoms with van der Waals surface area (Å²) >= 11 is 0. The molecule has 0 aromatic heterocycles. The van der Waals surface area contributed by atoms with E-state index in [4.69, 9.17) is 15.2 Å². The minimum Gasteiger partial charge on any atom is -0.383 e. The van der Waals surface area contributed by atoms with Crippen molar-refractivity contribution in [3.05, 3.63) is 35.4 Å². The van der Waals surface area contributed by atoms with E-state index >= 15 is 0 Å². The van der Waals surface area contributed by atoms with Crippen LogP contribution in [0.2, 0.25) is 0 Å². The molecule has 6 heteroatoms. The summed E-state index contributed by atoms with van der Waals surface area (Å²) in [6, 6.07) is 6.37. The summed E-state index contributed by atoms with van der Waals surface area (Å²) in [6.45, 7) is 1.79. The number of methoxy groups -OCH3 is 2. The van der Waals surface area contributed by atoms with Gasteiger partial charge in [0, 0.05) is 38.4 Å². The van der Waals surface area contributed by atoms with Gasteiger partial charge in [0.2, 0.25) is 5.91 Å². The summed E-state index contributed by atoms with van der Waals surface area (Å²) in [5.74, 6) is -0.734. The van der Waals surface area contributed by atoms with Crippen LogP contribution in [0.1, 0.15) is 20.7 Å². The third-order valence-electron chi connectivity index (χ3n) is 2.81. The van der Waals surface area contributed by atoms with Crippen molar-refractivity contribution in [1.82, 2.24) is 4.90 Å². The lowest BCUT2D eigenvalue weighted by atomic mass is 10.1. The second-order valence-electron chi connectivity index (χ2n) is 4.22. The van der Waals surface area contributed by atoms with E-state index in [-0.39, 0.29) is 5.91 Å². The van der Waals surface area contributed by atoms with Crippen LogP contribution in [-0.4, -0.2) is 57.2 Å². The van der Waals surface area contributed by atoms with Crippen molar-refractivity contribution in [2.75, 3.05) is 40.5 Å². The molecule has 0 heterocycles. The highest BCUT2D eigenvalue weighted by molar-refractivity contribution is 5.99. The number of carbonyl (C=O) groups excluding carboxylic acids is 2. The van der Waals surface area contributed by atoms with E-state index in [2.05, 4.69) is 0 Å². The smallest absolute Gasteiger partial charge is 0.254 e. The molecular weight excluding hydrogens is 260 g/mol. The number of benzene rings is 1. The lowest BCUT2D eigenvalue weighted by Gasteiger charge is -2.22. The van der Waals surface area contributed by atoms with E-state index in [1.165, 1.54) is 6.07 Å². The molecule has 6 nitrogen and oxygen atoms in total. The molecule has 20 heavy (non-hydrogen) atoms. The van der Waals surface area contributed by atoms with Crippen molar-refractivity contribution < 1.29 is 19.1 Å². The quantitative estimate of drug-likeness (QED) is 0.752. The van der Waals surface area contributed by atoms with Gasteiger partial charge in [0.1, 0.15) is 0 Å². The maximum absolute atomic E-state index is 12.4. The number of hydrogen-bond acceptors (Lipinski definition) is 4. The molecule has 0 atom stereocenters. The average molecular weight is 280 g/mol. The number of carbonyl (C=O) groups is 2. The number of nitrogens with zero attached hydrogens (tertiary/aromatic N) is 1. The molecule has 1 rings (SSSR count). The fourth-order valence-electron chi connectivity index (χ4n) is 1.71. The highest BCUT2D eigenvalue weighted by Crippen LogP contribution is 2.08. The van der Waals surface area contributed by atoms with E-state index in [0.29, 0.717) is 37.4 Å². The molecule has 0 spiro atoms. The Hall–Kier alpha value is -1.92. The monoisotopic (exact) mass is 280 g/mol. The molecule has 0 radical (unpaired) electrons. The molecule has 1 aromatic carbocycles. The standard InChI is InChI=1S/C14H20N2O4/c1-19-8-6-16(7-9-20-2)14(18)12-5-3-4-11(10-12)13(15)17/h3-5,10H,6-9H2,1-2H3,(H2,15,17). The summed E-state index contributed by atoms with van der Waals surface area (Å²) in [6.07, 6.45) is 0. The molecular formula is C14H20N2O4. The third kappa shape index (κ3) is 4.64. The van der Waals surface area contributed by atoms with Crippen molar-refractivity contribution in [3.8, 4) is 0 Å². The Morgan fingerprint density at radius 1 is 1.10 bits per heavy atom. The summed E-state index contributed by atoms with van der Waals surface area (Å²) in [7, 11) is 3.15. The van der Waals surface area contributed by atoms with Crippen LogP contribution >= 0.6 is 0 Å². The van der Waals surface area contributed by atoms with Crippen LogP contribution in [0.5, 0.6) is 0 Å². The second-order valence-corrected chi connectivity index (χ2v) is 4.22. The number of amides is 2. The van der Waals surface area contributed by atoms with Gasteiger partial charge in [0.15, 0.2) is 0 Å². The van der Waals surface area contributed by atoms with Gasteiger partial charge in [0.05, 0.1) is 13.2 Å². The van der Waals surface area contributed by atoms with E-state index < -0.39 is 5.91 Å². The molecule has 0 saturated heterocycles. The van der Waals surface area contributed by atoms with Gasteiger partial charge >= 0.3 is 0 Å². The van der Waals surface area contributed by atoms with E-state index in [1.54, 1.807) is 37.3 Å². The first-order chi connectivity index (χ1) is 9.60. The number of primary amides is 1. The van der Waals surface area contributed by atoms with Gasteiger partial charge in [-0.1, -0.05) is 6.07 Å². The van der Waals surface area contributed by atoms with Crippen molar-refractivity contribution in [3.63, 3.8) is 0 Å². The molecule has 0 aliphatic heterocycles. The molecule has 2 N–H and O–H groups in total. The first kappa shape index (κ1) is 16.1.